The van der Waals surface area contributed by atoms with Crippen molar-refractivity contribution in [2.75, 3.05) is 0 Å². The van der Waals surface area contributed by atoms with E-state index >= 15 is 0 Å². The summed E-state index contributed by atoms with van der Waals surface area (Å²) in [4.78, 5) is 0. The molecular weight excluding hydrogens is 275 g/mol. The second kappa shape index (κ2) is 7.22. The summed E-state index contributed by atoms with van der Waals surface area (Å²) in [6.45, 7) is 0. The molecule has 0 radical (unpaired) electrons. The minimum atomic E-state index is -0.868. The minimum absolute atomic E-state index is 0.680. The van der Waals surface area contributed by atoms with Crippen molar-refractivity contribution >= 4 is 7.32 Å². The van der Waals surface area contributed by atoms with Gasteiger partial charge in [0.1, 0.15) is 17.2 Å². The number of rotatable bonds is 6. The van der Waals surface area contributed by atoms with Crippen LogP contribution in [0.4, 0.5) is 0 Å². The van der Waals surface area contributed by atoms with E-state index in [4.69, 9.17) is 14.0 Å². The number of hydrogen-bond donors (Lipinski definition) is 0. The van der Waals surface area contributed by atoms with Gasteiger partial charge in [-0.2, -0.15) is 0 Å². The van der Waals surface area contributed by atoms with E-state index < -0.39 is 7.32 Å². The van der Waals surface area contributed by atoms with Gasteiger partial charge >= 0.3 is 7.32 Å². The first-order valence-corrected chi connectivity index (χ1v) is 7.05. The van der Waals surface area contributed by atoms with Crippen molar-refractivity contribution in [1.29, 1.82) is 0 Å². The van der Waals surface area contributed by atoms with Crippen molar-refractivity contribution in [3.63, 3.8) is 0 Å². The third kappa shape index (κ3) is 4.06. The van der Waals surface area contributed by atoms with Gasteiger partial charge in [0.05, 0.1) is 0 Å². The first kappa shape index (κ1) is 14.1. The zero-order valence-corrected chi connectivity index (χ0v) is 12.0. The Balaban J connectivity index is 1.75. The Bertz CT molecular complexity index is 576. The summed E-state index contributed by atoms with van der Waals surface area (Å²) in [6.07, 6.45) is 0. The quantitative estimate of drug-likeness (QED) is 0.636. The zero-order chi connectivity index (χ0) is 15.0. The molecular formula is C18H15BO3. The summed E-state index contributed by atoms with van der Waals surface area (Å²) >= 11 is 0. The second-order valence-electron chi connectivity index (χ2n) is 4.58. The van der Waals surface area contributed by atoms with Crippen LogP contribution >= 0.6 is 0 Å². The van der Waals surface area contributed by atoms with Crippen molar-refractivity contribution in [3.8, 4) is 17.2 Å². The molecule has 0 aliphatic rings. The molecule has 0 saturated carbocycles. The third-order valence-electron chi connectivity index (χ3n) is 2.93. The number of hydrogen-bond acceptors (Lipinski definition) is 3. The summed E-state index contributed by atoms with van der Waals surface area (Å²) in [6, 6.07) is 28.3. The van der Waals surface area contributed by atoms with Gasteiger partial charge in [-0.25, -0.2) is 0 Å². The van der Waals surface area contributed by atoms with Gasteiger partial charge in [-0.3, -0.25) is 0 Å². The highest BCUT2D eigenvalue weighted by Gasteiger charge is 2.29. The predicted molar refractivity (Wildman–Crippen MR) is 87.0 cm³/mol. The van der Waals surface area contributed by atoms with E-state index in [1.165, 1.54) is 0 Å². The molecule has 0 heterocycles. The fourth-order valence-corrected chi connectivity index (χ4v) is 1.90. The zero-order valence-electron chi connectivity index (χ0n) is 12.0. The van der Waals surface area contributed by atoms with Crippen LogP contribution in [0.1, 0.15) is 0 Å². The SMILES string of the molecule is c1ccc(OB(Oc2ccccc2)Oc2ccccc2)cc1. The maximum atomic E-state index is 5.78. The molecule has 3 aromatic rings. The molecule has 0 saturated heterocycles. The van der Waals surface area contributed by atoms with Gasteiger partial charge in [-0.15, -0.1) is 0 Å². The second-order valence-corrected chi connectivity index (χ2v) is 4.58. The molecule has 4 heteroatoms. The van der Waals surface area contributed by atoms with E-state index in [0.717, 1.165) is 0 Å². The fraction of sp³-hybridized carbons (Fsp3) is 0. The van der Waals surface area contributed by atoms with Crippen molar-refractivity contribution in [2.24, 2.45) is 0 Å². The normalized spacial score (nSPS) is 9.82. The average Bonchev–Trinajstić information content (AvgIpc) is 2.57. The summed E-state index contributed by atoms with van der Waals surface area (Å²) in [5.74, 6) is 2.04. The molecule has 0 amide bonds. The van der Waals surface area contributed by atoms with Crippen LogP contribution in [0.15, 0.2) is 91.0 Å². The number of para-hydroxylation sites is 3. The Labute approximate surface area is 130 Å². The van der Waals surface area contributed by atoms with E-state index in [2.05, 4.69) is 0 Å². The van der Waals surface area contributed by atoms with Crippen molar-refractivity contribution in [1.82, 2.24) is 0 Å². The van der Waals surface area contributed by atoms with Crippen LogP contribution in [0.25, 0.3) is 0 Å². The molecule has 0 aliphatic carbocycles. The first-order chi connectivity index (χ1) is 10.9. The predicted octanol–water partition coefficient (Wildman–Crippen LogP) is 4.21. The molecule has 3 rings (SSSR count). The van der Waals surface area contributed by atoms with Gasteiger partial charge in [-0.05, 0) is 36.4 Å². The molecule has 0 atom stereocenters. The standard InChI is InChI=1S/C18H15BO3/c1-4-10-16(11-5-1)20-19(21-17-12-6-2-7-13-17)22-18-14-8-3-9-15-18/h1-15H. The lowest BCUT2D eigenvalue weighted by Crippen LogP contribution is -2.36. The first-order valence-electron chi connectivity index (χ1n) is 7.05. The topological polar surface area (TPSA) is 27.7 Å². The Morgan fingerprint density at radius 1 is 0.409 bits per heavy atom. The van der Waals surface area contributed by atoms with Crippen LogP contribution in [0.3, 0.4) is 0 Å². The highest BCUT2D eigenvalue weighted by atomic mass is 16.7. The van der Waals surface area contributed by atoms with E-state index in [-0.39, 0.29) is 0 Å². The maximum Gasteiger partial charge on any atom is 0.864 e. The Morgan fingerprint density at radius 3 is 0.955 bits per heavy atom. The minimum Gasteiger partial charge on any atom is -0.490 e. The van der Waals surface area contributed by atoms with Crippen LogP contribution in [0, 0.1) is 0 Å². The van der Waals surface area contributed by atoms with Gasteiger partial charge in [0.2, 0.25) is 0 Å². The molecule has 0 fully saturated rings. The van der Waals surface area contributed by atoms with E-state index in [0.29, 0.717) is 17.2 Å². The highest BCUT2D eigenvalue weighted by Crippen LogP contribution is 2.17. The van der Waals surface area contributed by atoms with Gasteiger partial charge in [-0.1, -0.05) is 54.6 Å². The molecule has 0 N–H and O–H groups in total. The Hall–Kier alpha value is -2.88. The van der Waals surface area contributed by atoms with Gasteiger partial charge in [0, 0.05) is 0 Å². The molecule has 22 heavy (non-hydrogen) atoms. The largest absolute Gasteiger partial charge is 0.864 e. The van der Waals surface area contributed by atoms with Crippen molar-refractivity contribution < 1.29 is 14.0 Å². The molecule has 0 bridgehead atoms. The molecule has 3 aromatic carbocycles. The maximum absolute atomic E-state index is 5.78. The lowest BCUT2D eigenvalue weighted by molar-refractivity contribution is 0.307. The van der Waals surface area contributed by atoms with Gasteiger partial charge in [0.25, 0.3) is 0 Å². The van der Waals surface area contributed by atoms with Gasteiger partial charge < -0.3 is 14.0 Å². The average molecular weight is 290 g/mol. The van der Waals surface area contributed by atoms with E-state index in [9.17, 15) is 0 Å². The van der Waals surface area contributed by atoms with Crippen LogP contribution in [0.2, 0.25) is 0 Å². The van der Waals surface area contributed by atoms with Crippen LogP contribution in [-0.2, 0) is 0 Å². The van der Waals surface area contributed by atoms with Crippen LogP contribution in [-0.4, -0.2) is 7.32 Å². The molecule has 0 aliphatic heterocycles. The van der Waals surface area contributed by atoms with Crippen LogP contribution < -0.4 is 14.0 Å². The molecule has 0 spiro atoms. The number of benzene rings is 3. The Kier molecular flexibility index (Phi) is 4.62. The van der Waals surface area contributed by atoms with Crippen molar-refractivity contribution in [2.45, 2.75) is 0 Å². The van der Waals surface area contributed by atoms with Crippen LogP contribution in [0.5, 0.6) is 17.2 Å². The molecule has 0 aromatic heterocycles. The van der Waals surface area contributed by atoms with Crippen molar-refractivity contribution in [3.05, 3.63) is 91.0 Å². The highest BCUT2D eigenvalue weighted by molar-refractivity contribution is 6.39. The third-order valence-corrected chi connectivity index (χ3v) is 2.93. The fourth-order valence-electron chi connectivity index (χ4n) is 1.90. The summed E-state index contributed by atoms with van der Waals surface area (Å²) in [5, 5.41) is 0. The van der Waals surface area contributed by atoms with E-state index in [1.807, 2.05) is 91.0 Å². The summed E-state index contributed by atoms with van der Waals surface area (Å²) in [7, 11) is -0.868. The lowest BCUT2D eigenvalue weighted by atomic mass is 10.2. The van der Waals surface area contributed by atoms with E-state index in [1.54, 1.807) is 0 Å². The summed E-state index contributed by atoms with van der Waals surface area (Å²) in [5.41, 5.74) is 0. The molecule has 108 valence electrons. The molecule has 3 nitrogen and oxygen atoms in total. The Morgan fingerprint density at radius 2 is 0.682 bits per heavy atom. The smallest absolute Gasteiger partial charge is 0.490 e. The monoisotopic (exact) mass is 290 g/mol. The van der Waals surface area contributed by atoms with Gasteiger partial charge in [0.15, 0.2) is 0 Å². The summed E-state index contributed by atoms with van der Waals surface area (Å²) < 4.78 is 17.3. The molecule has 0 unspecified atom stereocenters. The lowest BCUT2D eigenvalue weighted by Gasteiger charge is -2.16.